The van der Waals surface area contributed by atoms with E-state index in [4.69, 9.17) is 13.8 Å². The van der Waals surface area contributed by atoms with Gasteiger partial charge in [0.2, 0.25) is 0 Å². The van der Waals surface area contributed by atoms with Crippen molar-refractivity contribution >= 4 is 13.9 Å². The van der Waals surface area contributed by atoms with Crippen molar-refractivity contribution < 1.29 is 32.5 Å². The molecule has 0 saturated carbocycles. The number of nitrogens with one attached hydrogen (secondary N) is 2. The molecule has 10 heteroatoms. The molecule has 0 aromatic heterocycles. The monoisotopic (exact) mass is 777 g/mol. The van der Waals surface area contributed by atoms with E-state index in [0.717, 1.165) is 25.7 Å². The summed E-state index contributed by atoms with van der Waals surface area (Å²) in [4.78, 5) is 22.9. The van der Waals surface area contributed by atoms with Gasteiger partial charge < -0.3 is 24.7 Å². The van der Waals surface area contributed by atoms with E-state index in [1.165, 1.54) is 167 Å². The van der Waals surface area contributed by atoms with Gasteiger partial charge in [0.05, 0.1) is 27.7 Å². The van der Waals surface area contributed by atoms with Gasteiger partial charge in [-0.3, -0.25) is 9.05 Å². The van der Waals surface area contributed by atoms with E-state index in [2.05, 4.69) is 24.5 Å². The van der Waals surface area contributed by atoms with Gasteiger partial charge in [0.1, 0.15) is 19.3 Å². The predicted octanol–water partition coefficient (Wildman–Crippen LogP) is 12.3. The molecule has 9 nitrogen and oxygen atoms in total. The van der Waals surface area contributed by atoms with Crippen LogP contribution in [0.25, 0.3) is 0 Å². The topological polar surface area (TPSA) is 106 Å². The van der Waals surface area contributed by atoms with Crippen molar-refractivity contribution in [2.24, 2.45) is 0 Å². The van der Waals surface area contributed by atoms with Crippen molar-refractivity contribution in [3.05, 3.63) is 0 Å². The molecule has 0 bridgehead atoms. The first-order valence-corrected chi connectivity index (χ1v) is 24.1. The van der Waals surface area contributed by atoms with Gasteiger partial charge in [-0.15, -0.1) is 0 Å². The van der Waals surface area contributed by atoms with Crippen molar-refractivity contribution in [1.82, 2.24) is 10.6 Å². The Labute approximate surface area is 329 Å². The van der Waals surface area contributed by atoms with Gasteiger partial charge in [-0.2, -0.15) is 0 Å². The number of hydrogen-bond acceptors (Lipinski definition) is 5. The molecule has 2 unspecified atom stereocenters. The number of quaternary nitrogens is 1. The SMILES string of the molecule is CCCCCCCCCCCCCCCCCCOCC(CNC(=O)NCCCCCCCCCCCCCCCC)OP(=O)(O)OCC[N+](C)(C)C. The van der Waals surface area contributed by atoms with Gasteiger partial charge in [0, 0.05) is 19.7 Å². The Kier molecular flexibility index (Phi) is 37.7. The molecule has 0 spiro atoms. The molecule has 0 aromatic rings. The summed E-state index contributed by atoms with van der Waals surface area (Å²) in [6.45, 7) is 6.54. The molecule has 0 aliphatic rings. The van der Waals surface area contributed by atoms with E-state index in [-0.39, 0.29) is 25.8 Å². The van der Waals surface area contributed by atoms with Gasteiger partial charge in [0.15, 0.2) is 0 Å². The van der Waals surface area contributed by atoms with Gasteiger partial charge in [0.25, 0.3) is 0 Å². The molecular weight excluding hydrogens is 685 g/mol. The van der Waals surface area contributed by atoms with Crippen molar-refractivity contribution in [2.75, 3.05) is 60.6 Å². The van der Waals surface area contributed by atoms with Crippen LogP contribution in [0.5, 0.6) is 0 Å². The molecule has 0 rings (SSSR count). The van der Waals surface area contributed by atoms with Crippen molar-refractivity contribution in [3.8, 4) is 0 Å². The highest BCUT2D eigenvalue weighted by molar-refractivity contribution is 7.47. The highest BCUT2D eigenvalue weighted by atomic mass is 31.2. The average molecular weight is 777 g/mol. The smallest absolute Gasteiger partial charge is 0.379 e. The highest BCUT2D eigenvalue weighted by Gasteiger charge is 2.28. The second-order valence-corrected chi connectivity index (χ2v) is 18.1. The minimum Gasteiger partial charge on any atom is -0.379 e. The minimum atomic E-state index is -4.30. The lowest BCUT2D eigenvalue weighted by atomic mass is 10.0. The van der Waals surface area contributed by atoms with Crippen LogP contribution in [-0.2, 0) is 18.3 Å². The standard InChI is InChI=1S/C43H90N3O6P/c1-6-8-10-12-14-16-18-20-22-23-25-27-29-31-33-35-38-50-41-42(52-53(48,49)51-39-37-46(3,4)5)40-45-43(47)44-36-34-32-30-28-26-24-21-19-17-15-13-11-9-7-2/h42H,6-41H2,1-5H3,(H2-,44,45,47,48,49)/p+1. The molecule has 3 N–H and O–H groups in total. The first kappa shape index (κ1) is 52.3. The van der Waals surface area contributed by atoms with E-state index in [9.17, 15) is 14.3 Å². The molecule has 2 atom stereocenters. The van der Waals surface area contributed by atoms with Crippen molar-refractivity contribution in [3.63, 3.8) is 0 Å². The number of nitrogens with zero attached hydrogens (tertiary/aromatic N) is 1. The van der Waals surface area contributed by atoms with Crippen LogP contribution in [0.1, 0.15) is 206 Å². The number of phosphoric acid groups is 1. The Balaban J connectivity index is 4.13. The zero-order chi connectivity index (χ0) is 39.1. The third-order valence-corrected chi connectivity index (χ3v) is 11.1. The predicted molar refractivity (Wildman–Crippen MR) is 226 cm³/mol. The molecule has 318 valence electrons. The fourth-order valence-electron chi connectivity index (χ4n) is 6.53. The zero-order valence-electron chi connectivity index (χ0n) is 35.9. The number of urea groups is 1. The van der Waals surface area contributed by atoms with Gasteiger partial charge in [-0.1, -0.05) is 194 Å². The summed E-state index contributed by atoms with van der Waals surface area (Å²) >= 11 is 0. The van der Waals surface area contributed by atoms with E-state index < -0.39 is 13.9 Å². The van der Waals surface area contributed by atoms with Crippen LogP contribution in [0.4, 0.5) is 4.79 Å². The van der Waals surface area contributed by atoms with Crippen LogP contribution >= 0.6 is 7.82 Å². The normalized spacial score (nSPS) is 13.6. The summed E-state index contributed by atoms with van der Waals surface area (Å²) in [5.41, 5.74) is 0. The molecule has 0 aliphatic carbocycles. The number of rotatable bonds is 42. The van der Waals surface area contributed by atoms with Crippen molar-refractivity contribution in [2.45, 2.75) is 213 Å². The number of ether oxygens (including phenoxy) is 1. The third kappa shape index (κ3) is 42.3. The lowest BCUT2D eigenvalue weighted by molar-refractivity contribution is -0.870. The molecule has 53 heavy (non-hydrogen) atoms. The first-order valence-electron chi connectivity index (χ1n) is 22.6. The number of likely N-dealkylation sites (N-methyl/N-ethyl adjacent to an activating group) is 1. The van der Waals surface area contributed by atoms with Crippen LogP contribution in [0.3, 0.4) is 0 Å². The van der Waals surface area contributed by atoms with E-state index >= 15 is 0 Å². The Bertz CT molecular complexity index is 828. The van der Waals surface area contributed by atoms with Gasteiger partial charge >= 0.3 is 13.9 Å². The Morgan fingerprint density at radius 2 is 0.943 bits per heavy atom. The molecule has 0 heterocycles. The number of carbonyl (C=O) groups excluding carboxylic acids is 1. The number of amides is 2. The van der Waals surface area contributed by atoms with Crippen LogP contribution in [-0.4, -0.2) is 82.1 Å². The number of hydrogen-bond donors (Lipinski definition) is 3. The molecule has 0 aliphatic heterocycles. The van der Waals surface area contributed by atoms with Gasteiger partial charge in [-0.05, 0) is 12.8 Å². The number of phosphoric ester groups is 1. The maximum Gasteiger partial charge on any atom is 0.472 e. The molecule has 2 amide bonds. The molecular formula is C43H91N3O6P+. The molecule has 0 fully saturated rings. The summed E-state index contributed by atoms with van der Waals surface area (Å²) in [6, 6.07) is -0.301. The maximum atomic E-state index is 12.7. The maximum absolute atomic E-state index is 12.7. The van der Waals surface area contributed by atoms with Crippen LogP contribution in [0, 0.1) is 0 Å². The van der Waals surface area contributed by atoms with E-state index in [0.29, 0.717) is 24.2 Å². The molecule has 0 radical (unpaired) electrons. The lowest BCUT2D eigenvalue weighted by Gasteiger charge is -2.25. The van der Waals surface area contributed by atoms with Crippen LogP contribution < -0.4 is 10.6 Å². The first-order chi connectivity index (χ1) is 25.6. The van der Waals surface area contributed by atoms with E-state index in [1.807, 2.05) is 21.1 Å². The fourth-order valence-corrected chi connectivity index (χ4v) is 7.42. The quantitative estimate of drug-likeness (QED) is 0.0324. The van der Waals surface area contributed by atoms with Crippen LogP contribution in [0.2, 0.25) is 0 Å². The summed E-state index contributed by atoms with van der Waals surface area (Å²) in [5, 5.41) is 5.71. The summed E-state index contributed by atoms with van der Waals surface area (Å²) in [6.07, 6.45) is 38.5. The summed E-state index contributed by atoms with van der Waals surface area (Å²) in [7, 11) is 1.66. The number of unbranched alkanes of at least 4 members (excludes halogenated alkanes) is 28. The van der Waals surface area contributed by atoms with Crippen molar-refractivity contribution in [1.29, 1.82) is 0 Å². The Morgan fingerprint density at radius 3 is 1.34 bits per heavy atom. The fraction of sp³-hybridized carbons (Fsp3) is 0.977. The Hall–Kier alpha value is -0.700. The third-order valence-electron chi connectivity index (χ3n) is 10.1. The zero-order valence-corrected chi connectivity index (χ0v) is 36.8. The Morgan fingerprint density at radius 1 is 0.566 bits per heavy atom. The number of carbonyl (C=O) groups is 1. The minimum absolute atomic E-state index is 0.0623. The van der Waals surface area contributed by atoms with Gasteiger partial charge in [-0.25, -0.2) is 9.36 Å². The van der Waals surface area contributed by atoms with E-state index in [1.54, 1.807) is 0 Å². The summed E-state index contributed by atoms with van der Waals surface area (Å²) in [5.74, 6) is 0. The molecule has 0 aromatic carbocycles. The lowest BCUT2D eigenvalue weighted by Crippen LogP contribution is -2.42. The second kappa shape index (κ2) is 38.2. The second-order valence-electron chi connectivity index (χ2n) is 16.7. The average Bonchev–Trinajstić information content (AvgIpc) is 3.10. The van der Waals surface area contributed by atoms with Crippen LogP contribution in [0.15, 0.2) is 0 Å². The summed E-state index contributed by atoms with van der Waals surface area (Å²) < 4.78 is 29.9. The highest BCUT2D eigenvalue weighted by Crippen LogP contribution is 2.44. The molecule has 0 saturated heterocycles. The largest absolute Gasteiger partial charge is 0.472 e.